The number of carbonyl (C=O) groups excluding carboxylic acids is 2. The smallest absolute Gasteiger partial charge is 0.269 e. The molecule has 0 radical (unpaired) electrons. The molecule has 27 heavy (non-hydrogen) atoms. The predicted molar refractivity (Wildman–Crippen MR) is 104 cm³/mol. The van der Waals surface area contributed by atoms with Gasteiger partial charge in [-0.2, -0.15) is 0 Å². The van der Waals surface area contributed by atoms with Gasteiger partial charge in [0.15, 0.2) is 5.17 Å². The van der Waals surface area contributed by atoms with Crippen LogP contribution < -0.4 is 10.6 Å². The normalized spacial score (nSPS) is 18.0. The molecule has 9 heteroatoms. The first-order chi connectivity index (χ1) is 12.9. The van der Waals surface area contributed by atoms with Gasteiger partial charge in [0.1, 0.15) is 5.25 Å². The number of nitrogens with one attached hydrogen (secondary N) is 2. The third kappa shape index (κ3) is 4.70. The average Bonchev–Trinajstić information content (AvgIpc) is 2.63. The highest BCUT2D eigenvalue weighted by atomic mass is 32.2. The zero-order valence-electron chi connectivity index (χ0n) is 14.3. The van der Waals surface area contributed by atoms with E-state index in [1.807, 2.05) is 18.2 Å². The lowest BCUT2D eigenvalue weighted by molar-refractivity contribution is -0.384. The van der Waals surface area contributed by atoms with Crippen LogP contribution in [0.15, 0.2) is 53.5 Å². The first kappa shape index (κ1) is 18.6. The van der Waals surface area contributed by atoms with Gasteiger partial charge in [0.2, 0.25) is 11.8 Å². The van der Waals surface area contributed by atoms with Crippen molar-refractivity contribution in [3.63, 3.8) is 0 Å². The van der Waals surface area contributed by atoms with Crippen molar-refractivity contribution in [3.8, 4) is 0 Å². The van der Waals surface area contributed by atoms with Crippen molar-refractivity contribution in [2.75, 3.05) is 5.32 Å². The van der Waals surface area contributed by atoms with E-state index in [4.69, 9.17) is 0 Å². The van der Waals surface area contributed by atoms with Crippen molar-refractivity contribution in [2.45, 2.75) is 18.6 Å². The predicted octanol–water partition coefficient (Wildman–Crippen LogP) is 3.15. The Kier molecular flexibility index (Phi) is 5.51. The van der Waals surface area contributed by atoms with Gasteiger partial charge in [-0.05, 0) is 30.7 Å². The number of nitrogens with zero attached hydrogens (tertiary/aromatic N) is 2. The molecule has 1 aliphatic heterocycles. The summed E-state index contributed by atoms with van der Waals surface area (Å²) in [6.07, 6.45) is 0.0241. The van der Waals surface area contributed by atoms with Crippen molar-refractivity contribution in [1.29, 1.82) is 0 Å². The maximum Gasteiger partial charge on any atom is 0.269 e. The van der Waals surface area contributed by atoms with Crippen molar-refractivity contribution < 1.29 is 14.5 Å². The number of carbonyl (C=O) groups is 2. The third-order valence-corrected chi connectivity index (χ3v) is 4.91. The second kappa shape index (κ2) is 8.00. The number of hydrogen-bond donors (Lipinski definition) is 2. The van der Waals surface area contributed by atoms with Crippen LogP contribution in [0.2, 0.25) is 0 Å². The number of aliphatic imine (C=N–C) groups is 1. The Hall–Kier alpha value is -3.20. The second-order valence-corrected chi connectivity index (χ2v) is 7.05. The lowest BCUT2D eigenvalue weighted by atomic mass is 10.1. The average molecular weight is 384 g/mol. The van der Waals surface area contributed by atoms with E-state index in [1.54, 1.807) is 19.1 Å². The molecule has 0 aliphatic carbocycles. The monoisotopic (exact) mass is 384 g/mol. The molecule has 0 saturated carbocycles. The molecule has 1 unspecified atom stereocenters. The highest BCUT2D eigenvalue weighted by Gasteiger charge is 2.30. The minimum absolute atomic E-state index is 0.0241. The molecule has 138 valence electrons. The molecule has 2 aromatic rings. The fraction of sp³-hybridized carbons (Fsp3) is 0.167. The molecular weight excluding hydrogens is 368 g/mol. The molecule has 0 spiro atoms. The van der Waals surface area contributed by atoms with Crippen molar-refractivity contribution in [3.05, 3.63) is 64.2 Å². The van der Waals surface area contributed by atoms with E-state index in [-0.39, 0.29) is 23.9 Å². The van der Waals surface area contributed by atoms with E-state index in [0.717, 1.165) is 0 Å². The van der Waals surface area contributed by atoms with Gasteiger partial charge in [0.25, 0.3) is 5.69 Å². The molecule has 2 aromatic carbocycles. The fourth-order valence-electron chi connectivity index (χ4n) is 2.48. The molecular formula is C18H16N4O4S. The van der Waals surface area contributed by atoms with Gasteiger partial charge >= 0.3 is 0 Å². The maximum atomic E-state index is 12.6. The van der Waals surface area contributed by atoms with Crippen LogP contribution in [0, 0.1) is 17.0 Å². The molecule has 3 rings (SSSR count). The summed E-state index contributed by atoms with van der Waals surface area (Å²) < 4.78 is 0. The van der Waals surface area contributed by atoms with Crippen LogP contribution in [0.4, 0.5) is 17.1 Å². The van der Waals surface area contributed by atoms with E-state index >= 15 is 0 Å². The van der Waals surface area contributed by atoms with Crippen molar-refractivity contribution >= 4 is 45.8 Å². The number of nitro benzene ring substituents is 1. The van der Waals surface area contributed by atoms with Gasteiger partial charge in [0, 0.05) is 24.2 Å². The number of thioether (sulfide) groups is 1. The quantitative estimate of drug-likeness (QED) is 0.621. The number of amides is 2. The highest BCUT2D eigenvalue weighted by Crippen LogP contribution is 2.26. The summed E-state index contributed by atoms with van der Waals surface area (Å²) >= 11 is 1.17. The number of non-ortho nitro benzene ring substituents is 1. The minimum Gasteiger partial charge on any atom is -0.325 e. The van der Waals surface area contributed by atoms with E-state index in [1.165, 1.54) is 30.0 Å². The van der Waals surface area contributed by atoms with Crippen LogP contribution in [-0.2, 0) is 9.59 Å². The molecule has 2 N–H and O–H groups in total. The zero-order valence-corrected chi connectivity index (χ0v) is 15.2. The summed E-state index contributed by atoms with van der Waals surface area (Å²) in [5.41, 5.74) is 1.67. The molecule has 8 nitrogen and oxygen atoms in total. The number of rotatable bonds is 4. The topological polar surface area (TPSA) is 114 Å². The summed E-state index contributed by atoms with van der Waals surface area (Å²) in [4.78, 5) is 39.2. The number of anilines is 1. The first-order valence-electron chi connectivity index (χ1n) is 8.08. The molecule has 1 fully saturated rings. The van der Waals surface area contributed by atoms with Gasteiger partial charge < -0.3 is 10.6 Å². The van der Waals surface area contributed by atoms with Crippen LogP contribution in [-0.4, -0.2) is 27.2 Å². The molecule has 0 bridgehead atoms. The van der Waals surface area contributed by atoms with Gasteiger partial charge in [-0.3, -0.25) is 19.7 Å². The fourth-order valence-corrected chi connectivity index (χ4v) is 3.48. The lowest BCUT2D eigenvalue weighted by Crippen LogP contribution is -2.41. The van der Waals surface area contributed by atoms with E-state index < -0.39 is 10.2 Å². The van der Waals surface area contributed by atoms with E-state index in [9.17, 15) is 19.7 Å². The largest absolute Gasteiger partial charge is 0.325 e. The number of para-hydroxylation sites is 1. The molecule has 1 aliphatic rings. The van der Waals surface area contributed by atoms with Crippen LogP contribution >= 0.6 is 11.8 Å². The van der Waals surface area contributed by atoms with Gasteiger partial charge in [-0.1, -0.05) is 30.0 Å². The van der Waals surface area contributed by atoms with E-state index in [2.05, 4.69) is 15.6 Å². The van der Waals surface area contributed by atoms with E-state index in [0.29, 0.717) is 22.1 Å². The number of benzene rings is 2. The molecule has 1 heterocycles. The van der Waals surface area contributed by atoms with Crippen LogP contribution in [0.3, 0.4) is 0 Å². The summed E-state index contributed by atoms with van der Waals surface area (Å²) in [5.74, 6) is -0.642. The SMILES string of the molecule is Cc1cc([N+](=O)[O-])ccc1NC(=O)C1CC(=O)NC(=Nc2ccccc2)S1. The van der Waals surface area contributed by atoms with Crippen molar-refractivity contribution in [1.82, 2.24) is 5.32 Å². The first-order valence-corrected chi connectivity index (χ1v) is 8.96. The Morgan fingerprint density at radius 2 is 2.04 bits per heavy atom. The Morgan fingerprint density at radius 1 is 1.30 bits per heavy atom. The van der Waals surface area contributed by atoms with Crippen LogP contribution in [0.1, 0.15) is 12.0 Å². The van der Waals surface area contributed by atoms with Crippen molar-refractivity contribution in [2.24, 2.45) is 4.99 Å². The summed E-state index contributed by atoms with van der Waals surface area (Å²) in [6, 6.07) is 13.3. The van der Waals surface area contributed by atoms with Gasteiger partial charge in [0.05, 0.1) is 10.6 Å². The zero-order chi connectivity index (χ0) is 19.4. The molecule has 0 aromatic heterocycles. The Balaban J connectivity index is 1.73. The lowest BCUT2D eigenvalue weighted by Gasteiger charge is -2.22. The van der Waals surface area contributed by atoms with Crippen LogP contribution in [0.5, 0.6) is 0 Å². The number of amidine groups is 1. The van der Waals surface area contributed by atoms with Crippen LogP contribution in [0.25, 0.3) is 0 Å². The molecule has 1 saturated heterocycles. The standard InChI is InChI=1S/C18H16N4O4S/c1-11-9-13(22(25)26)7-8-14(11)20-17(24)15-10-16(23)21-18(27-15)19-12-5-3-2-4-6-12/h2-9,15H,10H2,1H3,(H,20,24)(H,19,21,23). The summed E-state index contributed by atoms with van der Waals surface area (Å²) in [5, 5.41) is 15.9. The third-order valence-electron chi connectivity index (χ3n) is 3.83. The molecule has 2 amide bonds. The number of nitro groups is 1. The maximum absolute atomic E-state index is 12.6. The second-order valence-electron chi connectivity index (χ2n) is 5.86. The number of hydrogen-bond acceptors (Lipinski definition) is 6. The highest BCUT2D eigenvalue weighted by molar-refractivity contribution is 8.15. The summed E-state index contributed by atoms with van der Waals surface area (Å²) in [6.45, 7) is 1.67. The summed E-state index contributed by atoms with van der Waals surface area (Å²) in [7, 11) is 0. The Labute approximate surface area is 159 Å². The minimum atomic E-state index is -0.643. The molecule has 1 atom stereocenters. The Morgan fingerprint density at radius 3 is 2.70 bits per heavy atom. The Bertz CT molecular complexity index is 930. The van der Waals surface area contributed by atoms with Gasteiger partial charge in [-0.25, -0.2) is 4.99 Å². The van der Waals surface area contributed by atoms with Gasteiger partial charge in [-0.15, -0.1) is 0 Å². The number of aryl methyl sites for hydroxylation is 1.